The molecule has 0 radical (unpaired) electrons. The first kappa shape index (κ1) is 21.0. The van der Waals surface area contributed by atoms with Crippen molar-refractivity contribution in [2.24, 2.45) is 0 Å². The number of hydrogen-bond donors (Lipinski definition) is 1. The fraction of sp³-hybridized carbons (Fsp3) is 0.273. The van der Waals surface area contributed by atoms with Gasteiger partial charge in [0, 0.05) is 29.9 Å². The normalized spacial score (nSPS) is 12.3. The molecule has 3 rings (SSSR count). The van der Waals surface area contributed by atoms with Crippen molar-refractivity contribution in [3.63, 3.8) is 0 Å². The van der Waals surface area contributed by atoms with Crippen LogP contribution in [-0.4, -0.2) is 37.5 Å². The number of ether oxygens (including phenoxy) is 1. The standard InChI is InChI=1S/C22H25N5O3/c1-16(2)27-20(11-12-23-27)25-22(29)17(3)30-21(28)10-9-19-13-24-26(15-19)14-18-7-5-4-6-8-18/h4-13,15-17H,14H2,1-3H3,(H,25,29)/b10-9+/t17-/m0/s1. The van der Waals surface area contributed by atoms with E-state index >= 15 is 0 Å². The molecule has 1 aromatic carbocycles. The van der Waals surface area contributed by atoms with Gasteiger partial charge in [0.05, 0.1) is 18.9 Å². The molecule has 0 aliphatic rings. The topological polar surface area (TPSA) is 91.0 Å². The van der Waals surface area contributed by atoms with Gasteiger partial charge < -0.3 is 10.1 Å². The Morgan fingerprint density at radius 3 is 2.63 bits per heavy atom. The van der Waals surface area contributed by atoms with Gasteiger partial charge in [0.1, 0.15) is 5.82 Å². The molecule has 0 bridgehead atoms. The van der Waals surface area contributed by atoms with Crippen molar-refractivity contribution in [1.82, 2.24) is 19.6 Å². The number of amides is 1. The van der Waals surface area contributed by atoms with Gasteiger partial charge in [0.25, 0.3) is 5.91 Å². The first-order valence-electron chi connectivity index (χ1n) is 9.72. The third-order valence-electron chi connectivity index (χ3n) is 4.33. The predicted molar refractivity (Wildman–Crippen MR) is 114 cm³/mol. The third-order valence-corrected chi connectivity index (χ3v) is 4.33. The van der Waals surface area contributed by atoms with Crippen molar-refractivity contribution in [3.8, 4) is 0 Å². The van der Waals surface area contributed by atoms with E-state index in [0.717, 1.165) is 11.1 Å². The fourth-order valence-corrected chi connectivity index (χ4v) is 2.81. The van der Waals surface area contributed by atoms with Crippen molar-refractivity contribution < 1.29 is 14.3 Å². The van der Waals surface area contributed by atoms with Crippen LogP contribution in [0.25, 0.3) is 6.08 Å². The van der Waals surface area contributed by atoms with Crippen LogP contribution in [0.2, 0.25) is 0 Å². The van der Waals surface area contributed by atoms with E-state index < -0.39 is 18.0 Å². The summed E-state index contributed by atoms with van der Waals surface area (Å²) in [4.78, 5) is 24.4. The summed E-state index contributed by atoms with van der Waals surface area (Å²) in [6, 6.07) is 11.8. The number of nitrogens with one attached hydrogen (secondary N) is 1. The molecule has 0 unspecified atom stereocenters. The summed E-state index contributed by atoms with van der Waals surface area (Å²) in [6.07, 6.45) is 7.04. The van der Waals surface area contributed by atoms with E-state index in [0.29, 0.717) is 12.4 Å². The Hall–Kier alpha value is -3.68. The molecule has 1 amide bonds. The van der Waals surface area contributed by atoms with E-state index in [1.165, 1.54) is 13.0 Å². The van der Waals surface area contributed by atoms with Crippen LogP contribution >= 0.6 is 0 Å². The SMILES string of the molecule is CC(C)n1nccc1NC(=O)[C@H](C)OC(=O)/C=C/c1cnn(Cc2ccccc2)c1. The number of benzene rings is 1. The minimum Gasteiger partial charge on any atom is -0.449 e. The van der Waals surface area contributed by atoms with Crippen molar-refractivity contribution in [2.45, 2.75) is 39.5 Å². The van der Waals surface area contributed by atoms with Gasteiger partial charge in [0.2, 0.25) is 0 Å². The Morgan fingerprint density at radius 1 is 1.13 bits per heavy atom. The summed E-state index contributed by atoms with van der Waals surface area (Å²) in [5, 5.41) is 11.2. The van der Waals surface area contributed by atoms with Crippen LogP contribution in [0.5, 0.6) is 0 Å². The summed E-state index contributed by atoms with van der Waals surface area (Å²) < 4.78 is 8.66. The number of anilines is 1. The maximum Gasteiger partial charge on any atom is 0.331 e. The van der Waals surface area contributed by atoms with E-state index in [1.807, 2.05) is 50.4 Å². The lowest BCUT2D eigenvalue weighted by Crippen LogP contribution is -2.30. The summed E-state index contributed by atoms with van der Waals surface area (Å²) in [5.41, 5.74) is 1.90. The lowest BCUT2D eigenvalue weighted by atomic mass is 10.2. The number of rotatable bonds is 8. The average Bonchev–Trinajstić information content (AvgIpc) is 3.36. The third kappa shape index (κ3) is 5.66. The molecule has 2 heterocycles. The lowest BCUT2D eigenvalue weighted by molar-refractivity contribution is -0.148. The molecule has 0 fully saturated rings. The van der Waals surface area contributed by atoms with Crippen molar-refractivity contribution in [3.05, 3.63) is 72.2 Å². The molecule has 30 heavy (non-hydrogen) atoms. The first-order valence-corrected chi connectivity index (χ1v) is 9.72. The van der Waals surface area contributed by atoms with Crippen LogP contribution in [0.3, 0.4) is 0 Å². The molecular weight excluding hydrogens is 382 g/mol. The molecule has 0 aliphatic carbocycles. The minimum absolute atomic E-state index is 0.0962. The maximum absolute atomic E-state index is 12.3. The van der Waals surface area contributed by atoms with E-state index in [-0.39, 0.29) is 6.04 Å². The molecule has 0 aliphatic heterocycles. The van der Waals surface area contributed by atoms with E-state index in [2.05, 4.69) is 15.5 Å². The summed E-state index contributed by atoms with van der Waals surface area (Å²) in [7, 11) is 0. The Morgan fingerprint density at radius 2 is 1.90 bits per heavy atom. The maximum atomic E-state index is 12.3. The van der Waals surface area contributed by atoms with Gasteiger partial charge in [0.15, 0.2) is 6.10 Å². The molecule has 1 N–H and O–H groups in total. The molecule has 2 aromatic heterocycles. The summed E-state index contributed by atoms with van der Waals surface area (Å²) in [5.74, 6) is -0.472. The highest BCUT2D eigenvalue weighted by Gasteiger charge is 2.18. The zero-order chi connectivity index (χ0) is 21.5. The van der Waals surface area contributed by atoms with E-state index in [4.69, 9.17) is 4.74 Å². The van der Waals surface area contributed by atoms with Crippen molar-refractivity contribution in [2.75, 3.05) is 5.32 Å². The Balaban J connectivity index is 1.51. The molecule has 8 nitrogen and oxygen atoms in total. The molecule has 0 saturated carbocycles. The molecule has 3 aromatic rings. The minimum atomic E-state index is -0.946. The number of esters is 1. The van der Waals surface area contributed by atoms with Gasteiger partial charge >= 0.3 is 5.97 Å². The zero-order valence-electron chi connectivity index (χ0n) is 17.2. The summed E-state index contributed by atoms with van der Waals surface area (Å²) in [6.45, 7) is 6.08. The first-order chi connectivity index (χ1) is 14.4. The van der Waals surface area contributed by atoms with Crippen molar-refractivity contribution in [1.29, 1.82) is 0 Å². The van der Waals surface area contributed by atoms with Crippen LogP contribution in [0.15, 0.2) is 61.1 Å². The second-order valence-corrected chi connectivity index (χ2v) is 7.11. The van der Waals surface area contributed by atoms with E-state index in [1.54, 1.807) is 33.9 Å². The van der Waals surface area contributed by atoms with Gasteiger partial charge in [-0.3, -0.25) is 9.48 Å². The highest BCUT2D eigenvalue weighted by atomic mass is 16.5. The van der Waals surface area contributed by atoms with Gasteiger partial charge in [-0.1, -0.05) is 30.3 Å². The Bertz CT molecular complexity index is 1020. The van der Waals surface area contributed by atoms with Crippen LogP contribution < -0.4 is 5.32 Å². The highest BCUT2D eigenvalue weighted by Crippen LogP contribution is 2.13. The zero-order valence-corrected chi connectivity index (χ0v) is 17.2. The van der Waals surface area contributed by atoms with Gasteiger partial charge in [-0.25, -0.2) is 9.48 Å². The largest absolute Gasteiger partial charge is 0.449 e. The van der Waals surface area contributed by atoms with Gasteiger partial charge in [-0.2, -0.15) is 10.2 Å². The average molecular weight is 407 g/mol. The summed E-state index contributed by atoms with van der Waals surface area (Å²) >= 11 is 0. The molecule has 0 saturated heterocycles. The van der Waals surface area contributed by atoms with Crippen LogP contribution in [0, 0.1) is 0 Å². The monoisotopic (exact) mass is 407 g/mol. The number of nitrogens with zero attached hydrogens (tertiary/aromatic N) is 4. The molecule has 8 heteroatoms. The quantitative estimate of drug-likeness (QED) is 0.457. The Kier molecular flexibility index (Phi) is 6.79. The molecule has 156 valence electrons. The van der Waals surface area contributed by atoms with Crippen LogP contribution in [0.1, 0.15) is 37.9 Å². The predicted octanol–water partition coefficient (Wildman–Crippen LogP) is 3.29. The Labute approximate surface area is 175 Å². The van der Waals surface area contributed by atoms with Gasteiger partial charge in [-0.05, 0) is 32.4 Å². The van der Waals surface area contributed by atoms with Gasteiger partial charge in [-0.15, -0.1) is 0 Å². The second kappa shape index (κ2) is 9.69. The second-order valence-electron chi connectivity index (χ2n) is 7.11. The smallest absolute Gasteiger partial charge is 0.331 e. The van der Waals surface area contributed by atoms with Crippen molar-refractivity contribution >= 4 is 23.8 Å². The van der Waals surface area contributed by atoms with E-state index in [9.17, 15) is 9.59 Å². The molecule has 0 spiro atoms. The molecule has 1 atom stereocenters. The highest BCUT2D eigenvalue weighted by molar-refractivity contribution is 5.96. The van der Waals surface area contributed by atoms with Crippen LogP contribution in [0.4, 0.5) is 5.82 Å². The number of carbonyl (C=O) groups excluding carboxylic acids is 2. The molecular formula is C22H25N5O3. The fourth-order valence-electron chi connectivity index (χ4n) is 2.81. The number of hydrogen-bond acceptors (Lipinski definition) is 5. The van der Waals surface area contributed by atoms with Crippen LogP contribution in [-0.2, 0) is 20.9 Å². The number of aromatic nitrogens is 4. The lowest BCUT2D eigenvalue weighted by Gasteiger charge is -2.15. The number of carbonyl (C=O) groups is 2.